The molecule has 1 amide bonds. The first-order valence-corrected chi connectivity index (χ1v) is 10.8. The highest BCUT2D eigenvalue weighted by atomic mass is 32.2. The number of aromatic nitrogens is 3. The highest BCUT2D eigenvalue weighted by Gasteiger charge is 2.16. The summed E-state index contributed by atoms with van der Waals surface area (Å²) in [6.45, 7) is 0.263. The molecule has 156 valence electrons. The molecule has 31 heavy (non-hydrogen) atoms. The van der Waals surface area contributed by atoms with Gasteiger partial charge in [-0.2, -0.15) is 0 Å². The Bertz CT molecular complexity index is 1130. The number of ether oxygens (including phenoxy) is 1. The van der Waals surface area contributed by atoms with Crippen LogP contribution in [0, 0.1) is 0 Å². The van der Waals surface area contributed by atoms with Crippen molar-refractivity contribution in [1.82, 2.24) is 20.1 Å². The van der Waals surface area contributed by atoms with E-state index in [1.165, 1.54) is 5.56 Å². The van der Waals surface area contributed by atoms with E-state index in [2.05, 4.69) is 27.6 Å². The summed E-state index contributed by atoms with van der Waals surface area (Å²) in [6.07, 6.45) is 0. The van der Waals surface area contributed by atoms with Gasteiger partial charge in [-0.1, -0.05) is 60.3 Å². The Morgan fingerprint density at radius 3 is 2.29 bits per heavy atom. The minimum absolute atomic E-state index is 0.177. The van der Waals surface area contributed by atoms with Gasteiger partial charge < -0.3 is 10.1 Å². The molecule has 6 nitrogen and oxygen atoms in total. The smallest absolute Gasteiger partial charge is 0.251 e. The van der Waals surface area contributed by atoms with Crippen molar-refractivity contribution < 1.29 is 9.53 Å². The fourth-order valence-corrected chi connectivity index (χ4v) is 4.00. The van der Waals surface area contributed by atoms with Crippen molar-refractivity contribution in [3.8, 4) is 11.4 Å². The van der Waals surface area contributed by atoms with Gasteiger partial charge in [0.15, 0.2) is 11.0 Å². The summed E-state index contributed by atoms with van der Waals surface area (Å²) in [5.74, 6) is 1.98. The maximum atomic E-state index is 12.6. The van der Waals surface area contributed by atoms with Crippen LogP contribution in [-0.4, -0.2) is 27.8 Å². The molecule has 0 fully saturated rings. The molecule has 0 spiro atoms. The molecule has 4 rings (SSSR count). The molecule has 0 aliphatic heterocycles. The van der Waals surface area contributed by atoms with Crippen molar-refractivity contribution in [3.05, 3.63) is 102 Å². The Kier molecular flexibility index (Phi) is 6.64. The van der Waals surface area contributed by atoms with Gasteiger partial charge in [-0.25, -0.2) is 0 Å². The van der Waals surface area contributed by atoms with E-state index in [9.17, 15) is 4.79 Å². The molecule has 1 aromatic heterocycles. The third-order valence-electron chi connectivity index (χ3n) is 4.68. The van der Waals surface area contributed by atoms with Crippen molar-refractivity contribution in [2.45, 2.75) is 17.5 Å². The van der Waals surface area contributed by atoms with Crippen LogP contribution in [0.3, 0.4) is 0 Å². The van der Waals surface area contributed by atoms with Crippen molar-refractivity contribution >= 4 is 17.7 Å². The van der Waals surface area contributed by atoms with Crippen LogP contribution in [0.1, 0.15) is 21.7 Å². The molecule has 0 saturated heterocycles. The Hall–Kier alpha value is -3.58. The predicted octanol–water partition coefficient (Wildman–Crippen LogP) is 4.50. The summed E-state index contributed by atoms with van der Waals surface area (Å²) in [5, 5.41) is 12.5. The molecule has 0 radical (unpaired) electrons. The Morgan fingerprint density at radius 2 is 1.61 bits per heavy atom. The summed E-state index contributed by atoms with van der Waals surface area (Å²) in [5.41, 5.74) is 2.73. The van der Waals surface area contributed by atoms with Gasteiger partial charge in [0.1, 0.15) is 5.75 Å². The summed E-state index contributed by atoms with van der Waals surface area (Å²) < 4.78 is 7.13. The quantitative estimate of drug-likeness (QED) is 0.417. The van der Waals surface area contributed by atoms with Gasteiger partial charge in [0, 0.05) is 17.0 Å². The van der Waals surface area contributed by atoms with Crippen LogP contribution >= 0.6 is 11.8 Å². The molecule has 1 N–H and O–H groups in total. The highest BCUT2D eigenvalue weighted by Crippen LogP contribution is 2.25. The first-order valence-electron chi connectivity index (χ1n) is 9.83. The van der Waals surface area contributed by atoms with Crippen molar-refractivity contribution in [1.29, 1.82) is 0 Å². The van der Waals surface area contributed by atoms with Crippen LogP contribution in [0.15, 0.2) is 90.1 Å². The molecule has 0 saturated carbocycles. The molecule has 0 aliphatic carbocycles. The summed E-state index contributed by atoms with van der Waals surface area (Å²) >= 11 is 1.61. The Balaban J connectivity index is 1.52. The van der Waals surface area contributed by atoms with E-state index in [-0.39, 0.29) is 12.5 Å². The third-order valence-corrected chi connectivity index (χ3v) is 5.68. The number of thioether (sulfide) groups is 1. The molecule has 3 aromatic carbocycles. The fraction of sp³-hybridized carbons (Fsp3) is 0.125. The van der Waals surface area contributed by atoms with E-state index in [1.807, 2.05) is 53.1 Å². The summed E-state index contributed by atoms with van der Waals surface area (Å²) in [4.78, 5) is 12.6. The zero-order chi connectivity index (χ0) is 21.5. The number of nitrogens with one attached hydrogen (secondary N) is 1. The fourth-order valence-electron chi connectivity index (χ4n) is 3.07. The molecular formula is C24H22N4O2S. The third kappa shape index (κ3) is 5.13. The molecule has 1 heterocycles. The minimum Gasteiger partial charge on any atom is -0.497 e. The second-order valence-corrected chi connectivity index (χ2v) is 7.70. The van der Waals surface area contributed by atoms with Crippen molar-refractivity contribution in [2.75, 3.05) is 7.11 Å². The van der Waals surface area contributed by atoms with Gasteiger partial charge in [0.05, 0.1) is 13.7 Å². The number of rotatable bonds is 8. The summed E-state index contributed by atoms with van der Waals surface area (Å²) in [6, 6.07) is 27.2. The second-order valence-electron chi connectivity index (χ2n) is 6.76. The zero-order valence-corrected chi connectivity index (χ0v) is 17.9. The van der Waals surface area contributed by atoms with E-state index in [0.29, 0.717) is 17.1 Å². The van der Waals surface area contributed by atoms with Crippen LogP contribution in [0.25, 0.3) is 5.69 Å². The van der Waals surface area contributed by atoms with Crippen molar-refractivity contribution in [2.24, 2.45) is 0 Å². The van der Waals surface area contributed by atoms with Crippen LogP contribution in [0.5, 0.6) is 5.75 Å². The number of carbonyl (C=O) groups is 1. The summed E-state index contributed by atoms with van der Waals surface area (Å²) in [7, 11) is 1.60. The molecule has 0 aliphatic rings. The average molecular weight is 431 g/mol. The number of benzene rings is 3. The second kappa shape index (κ2) is 9.95. The van der Waals surface area contributed by atoms with Gasteiger partial charge in [0.2, 0.25) is 0 Å². The molecule has 0 bridgehead atoms. The van der Waals surface area contributed by atoms with Crippen LogP contribution in [0.2, 0.25) is 0 Å². The monoisotopic (exact) mass is 430 g/mol. The molecule has 4 aromatic rings. The number of hydrogen-bond acceptors (Lipinski definition) is 5. The van der Waals surface area contributed by atoms with E-state index in [4.69, 9.17) is 4.74 Å². The maximum absolute atomic E-state index is 12.6. The van der Waals surface area contributed by atoms with Gasteiger partial charge in [-0.3, -0.25) is 9.36 Å². The number of para-hydroxylation sites is 1. The number of hydrogen-bond donors (Lipinski definition) is 1. The first kappa shape index (κ1) is 20.7. The topological polar surface area (TPSA) is 69.0 Å². The number of nitrogens with zero attached hydrogens (tertiary/aromatic N) is 3. The largest absolute Gasteiger partial charge is 0.497 e. The predicted molar refractivity (Wildman–Crippen MR) is 122 cm³/mol. The van der Waals surface area contributed by atoms with Crippen LogP contribution in [-0.2, 0) is 12.3 Å². The lowest BCUT2D eigenvalue weighted by Crippen LogP contribution is -2.24. The Morgan fingerprint density at radius 1 is 0.935 bits per heavy atom. The van der Waals surface area contributed by atoms with Gasteiger partial charge >= 0.3 is 0 Å². The molecular weight excluding hydrogens is 408 g/mol. The van der Waals surface area contributed by atoms with E-state index >= 15 is 0 Å². The lowest BCUT2D eigenvalue weighted by Gasteiger charge is -2.11. The SMILES string of the molecule is COc1ccc(C(=O)NCc2nnc(SCc3ccccc3)n2-c2ccccc2)cc1. The van der Waals surface area contributed by atoms with E-state index < -0.39 is 0 Å². The number of methoxy groups -OCH3 is 1. The Labute approximate surface area is 185 Å². The number of amides is 1. The first-order chi connectivity index (χ1) is 15.2. The zero-order valence-electron chi connectivity index (χ0n) is 17.1. The van der Waals surface area contributed by atoms with Crippen LogP contribution < -0.4 is 10.1 Å². The van der Waals surface area contributed by atoms with Crippen molar-refractivity contribution in [3.63, 3.8) is 0 Å². The van der Waals surface area contributed by atoms with Gasteiger partial charge in [-0.15, -0.1) is 10.2 Å². The van der Waals surface area contributed by atoms with Crippen LogP contribution in [0.4, 0.5) is 0 Å². The maximum Gasteiger partial charge on any atom is 0.251 e. The van der Waals surface area contributed by atoms with E-state index in [1.54, 1.807) is 43.1 Å². The molecule has 0 atom stereocenters. The molecule has 0 unspecified atom stereocenters. The average Bonchev–Trinajstić information content (AvgIpc) is 3.25. The number of carbonyl (C=O) groups excluding carboxylic acids is 1. The highest BCUT2D eigenvalue weighted by molar-refractivity contribution is 7.98. The van der Waals surface area contributed by atoms with Gasteiger partial charge in [0.25, 0.3) is 5.91 Å². The molecule has 7 heteroatoms. The van der Waals surface area contributed by atoms with E-state index in [0.717, 1.165) is 16.6 Å². The standard InChI is InChI=1S/C24H22N4O2S/c1-30-21-14-12-19(13-15-21)23(29)25-16-22-26-27-24(28(22)20-10-6-3-7-11-20)31-17-18-8-4-2-5-9-18/h2-15H,16-17H2,1H3,(H,25,29). The normalized spacial score (nSPS) is 10.6. The minimum atomic E-state index is -0.177. The van der Waals surface area contributed by atoms with Gasteiger partial charge in [-0.05, 0) is 42.0 Å². The lowest BCUT2D eigenvalue weighted by molar-refractivity contribution is 0.0949. The lowest BCUT2D eigenvalue weighted by atomic mass is 10.2.